The quantitative estimate of drug-likeness (QED) is 0.737. The third-order valence-electron chi connectivity index (χ3n) is 4.86. The predicted octanol–water partition coefficient (Wildman–Crippen LogP) is -0.109. The molecule has 0 aromatic carbocycles. The highest BCUT2D eigenvalue weighted by Crippen LogP contribution is 2.31. The number of piperidine rings is 1. The fourth-order valence-corrected chi connectivity index (χ4v) is 4.86. The second-order valence-electron chi connectivity index (χ2n) is 6.65. The largest absolute Gasteiger partial charge is 0.336 e. The first-order chi connectivity index (χ1) is 10.5. The summed E-state index contributed by atoms with van der Waals surface area (Å²) in [6.45, 7) is 3.45. The van der Waals surface area contributed by atoms with Crippen LogP contribution in [0.15, 0.2) is 0 Å². The molecule has 1 saturated carbocycles. The Hall–Kier alpha value is -0.410. The summed E-state index contributed by atoms with van der Waals surface area (Å²) in [7, 11) is -1.72. The van der Waals surface area contributed by atoms with Crippen molar-refractivity contribution in [1.29, 1.82) is 0 Å². The van der Waals surface area contributed by atoms with Crippen LogP contribution < -0.4 is 5.32 Å². The van der Waals surface area contributed by atoms with E-state index in [9.17, 15) is 13.2 Å². The molecular weight excluding hydrogens is 340 g/mol. The van der Waals surface area contributed by atoms with E-state index in [1.54, 1.807) is 11.4 Å². The molecule has 0 spiro atoms. The summed E-state index contributed by atoms with van der Waals surface area (Å²) in [4.78, 5) is 13.9. The molecule has 2 heterocycles. The van der Waals surface area contributed by atoms with Gasteiger partial charge in [0.25, 0.3) is 10.2 Å². The van der Waals surface area contributed by atoms with Crippen molar-refractivity contribution in [2.45, 2.75) is 31.7 Å². The zero-order chi connectivity index (χ0) is 15.7. The number of carbonyl (C=O) groups excluding carboxylic acids is 1. The van der Waals surface area contributed by atoms with Gasteiger partial charge in [-0.05, 0) is 31.6 Å². The molecule has 3 aliphatic rings. The zero-order valence-electron chi connectivity index (χ0n) is 13.6. The average molecular weight is 367 g/mol. The fourth-order valence-electron chi connectivity index (χ4n) is 3.35. The summed E-state index contributed by atoms with van der Waals surface area (Å²) in [6, 6.07) is 0.0208. The van der Waals surface area contributed by atoms with E-state index in [4.69, 9.17) is 0 Å². The molecule has 1 aliphatic carbocycles. The fraction of sp³-hybridized carbons (Fsp3) is 0.929. The number of nitrogens with zero attached hydrogens (tertiary/aromatic N) is 3. The minimum atomic E-state index is -3.39. The number of piperazine rings is 1. The van der Waals surface area contributed by atoms with Crippen LogP contribution in [-0.2, 0) is 15.0 Å². The van der Waals surface area contributed by atoms with Crippen LogP contribution in [0.1, 0.15) is 25.7 Å². The SMILES string of the molecule is CN(CC1CC1)S(=O)(=O)N1CCCC(N2CCNCC2=O)C1.Cl. The molecule has 2 saturated heterocycles. The van der Waals surface area contributed by atoms with Gasteiger partial charge in [-0.15, -0.1) is 12.4 Å². The maximum atomic E-state index is 12.7. The Balaban J connectivity index is 0.00000192. The number of rotatable bonds is 5. The molecule has 0 aromatic heterocycles. The third kappa shape index (κ3) is 4.36. The molecule has 3 rings (SSSR count). The van der Waals surface area contributed by atoms with E-state index >= 15 is 0 Å². The molecule has 1 atom stereocenters. The Morgan fingerprint density at radius 1 is 1.26 bits per heavy atom. The molecule has 23 heavy (non-hydrogen) atoms. The van der Waals surface area contributed by atoms with Crippen molar-refractivity contribution in [3.8, 4) is 0 Å². The predicted molar refractivity (Wildman–Crippen MR) is 90.7 cm³/mol. The minimum Gasteiger partial charge on any atom is -0.336 e. The van der Waals surface area contributed by atoms with Gasteiger partial charge >= 0.3 is 0 Å². The Morgan fingerprint density at radius 3 is 2.65 bits per heavy atom. The van der Waals surface area contributed by atoms with Crippen molar-refractivity contribution >= 4 is 28.5 Å². The van der Waals surface area contributed by atoms with Crippen LogP contribution >= 0.6 is 12.4 Å². The van der Waals surface area contributed by atoms with Gasteiger partial charge in [0.1, 0.15) is 0 Å². The Labute approximate surface area is 145 Å². The van der Waals surface area contributed by atoms with Crippen LogP contribution in [0.2, 0.25) is 0 Å². The van der Waals surface area contributed by atoms with Crippen molar-refractivity contribution in [3.63, 3.8) is 0 Å². The van der Waals surface area contributed by atoms with E-state index in [0.29, 0.717) is 38.6 Å². The summed E-state index contributed by atoms with van der Waals surface area (Å²) >= 11 is 0. The van der Waals surface area contributed by atoms with Crippen molar-refractivity contribution in [3.05, 3.63) is 0 Å². The second kappa shape index (κ2) is 7.65. The summed E-state index contributed by atoms with van der Waals surface area (Å²) in [5, 5.41) is 3.06. The van der Waals surface area contributed by atoms with Crippen molar-refractivity contribution < 1.29 is 13.2 Å². The molecule has 7 nitrogen and oxygen atoms in total. The lowest BCUT2D eigenvalue weighted by Crippen LogP contribution is -2.58. The first-order valence-electron chi connectivity index (χ1n) is 8.20. The maximum absolute atomic E-state index is 12.7. The van der Waals surface area contributed by atoms with Crippen LogP contribution in [-0.4, -0.2) is 80.2 Å². The van der Waals surface area contributed by atoms with Crippen LogP contribution in [0.25, 0.3) is 0 Å². The Bertz CT molecular complexity index is 526. The molecule has 134 valence electrons. The van der Waals surface area contributed by atoms with E-state index in [-0.39, 0.29) is 24.4 Å². The van der Waals surface area contributed by atoms with Gasteiger partial charge in [-0.2, -0.15) is 17.0 Å². The van der Waals surface area contributed by atoms with Crippen LogP contribution in [0.4, 0.5) is 0 Å². The van der Waals surface area contributed by atoms with Gasteiger partial charge in [0.15, 0.2) is 0 Å². The van der Waals surface area contributed by atoms with E-state index in [0.717, 1.165) is 32.2 Å². The smallest absolute Gasteiger partial charge is 0.281 e. The highest BCUT2D eigenvalue weighted by molar-refractivity contribution is 7.86. The summed E-state index contributed by atoms with van der Waals surface area (Å²) in [5.74, 6) is 0.622. The summed E-state index contributed by atoms with van der Waals surface area (Å²) in [6.07, 6.45) is 3.98. The molecule has 0 aromatic rings. The van der Waals surface area contributed by atoms with Crippen LogP contribution in [0, 0.1) is 5.92 Å². The highest BCUT2D eigenvalue weighted by atomic mass is 35.5. The topological polar surface area (TPSA) is 73.0 Å². The molecule has 1 N–H and O–H groups in total. The monoisotopic (exact) mass is 366 g/mol. The van der Waals surface area contributed by atoms with E-state index < -0.39 is 10.2 Å². The van der Waals surface area contributed by atoms with Gasteiger partial charge < -0.3 is 10.2 Å². The van der Waals surface area contributed by atoms with E-state index in [1.807, 2.05) is 4.90 Å². The zero-order valence-corrected chi connectivity index (χ0v) is 15.2. The standard InChI is InChI=1S/C14H26N4O3S.ClH/c1-16(10-12-4-5-12)22(20,21)17-7-2-3-13(11-17)18-8-6-15-9-14(18)19;/h12-13,15H,2-11H2,1H3;1H. The number of hydrogen-bond donors (Lipinski definition) is 1. The highest BCUT2D eigenvalue weighted by Gasteiger charge is 2.37. The molecule has 0 bridgehead atoms. The average Bonchev–Trinajstić information content (AvgIpc) is 3.32. The lowest BCUT2D eigenvalue weighted by molar-refractivity contribution is -0.135. The van der Waals surface area contributed by atoms with E-state index in [1.165, 1.54) is 4.31 Å². The first-order valence-corrected chi connectivity index (χ1v) is 9.60. The Morgan fingerprint density at radius 2 is 2.00 bits per heavy atom. The van der Waals surface area contributed by atoms with Gasteiger partial charge in [0, 0.05) is 45.8 Å². The second-order valence-corrected chi connectivity index (χ2v) is 8.69. The first kappa shape index (κ1) is 18.9. The van der Waals surface area contributed by atoms with Crippen LogP contribution in [0.5, 0.6) is 0 Å². The number of hydrogen-bond acceptors (Lipinski definition) is 4. The van der Waals surface area contributed by atoms with Gasteiger partial charge in [0.2, 0.25) is 5.91 Å². The molecular formula is C14H27ClN4O3S. The lowest BCUT2D eigenvalue weighted by atomic mass is 10.1. The van der Waals surface area contributed by atoms with Gasteiger partial charge in [-0.25, -0.2) is 0 Å². The van der Waals surface area contributed by atoms with Crippen molar-refractivity contribution in [2.75, 3.05) is 46.3 Å². The van der Waals surface area contributed by atoms with Gasteiger partial charge in [-0.3, -0.25) is 4.79 Å². The van der Waals surface area contributed by atoms with Gasteiger partial charge in [-0.1, -0.05) is 0 Å². The normalized spacial score (nSPS) is 27.1. The third-order valence-corrected chi connectivity index (χ3v) is 6.78. The number of halogens is 1. The number of carbonyl (C=O) groups is 1. The molecule has 3 fully saturated rings. The summed E-state index contributed by atoms with van der Waals surface area (Å²) in [5.41, 5.74) is 0. The van der Waals surface area contributed by atoms with E-state index in [2.05, 4.69) is 5.32 Å². The van der Waals surface area contributed by atoms with Crippen molar-refractivity contribution in [2.24, 2.45) is 5.92 Å². The maximum Gasteiger partial charge on any atom is 0.281 e. The minimum absolute atomic E-state index is 0. The molecule has 2 aliphatic heterocycles. The molecule has 1 amide bonds. The number of nitrogens with one attached hydrogen (secondary N) is 1. The Kier molecular flexibility index (Phi) is 6.29. The molecule has 9 heteroatoms. The lowest BCUT2D eigenvalue weighted by Gasteiger charge is -2.41. The van der Waals surface area contributed by atoms with Crippen LogP contribution in [0.3, 0.4) is 0 Å². The van der Waals surface area contributed by atoms with Crippen molar-refractivity contribution in [1.82, 2.24) is 18.8 Å². The molecule has 0 radical (unpaired) electrons. The number of amides is 1. The van der Waals surface area contributed by atoms with Gasteiger partial charge in [0.05, 0.1) is 6.54 Å². The summed E-state index contributed by atoms with van der Waals surface area (Å²) < 4.78 is 28.5. The molecule has 1 unspecified atom stereocenters.